The fraction of sp³-hybridized carbons (Fsp3) is 0.615. The minimum Gasteiger partial charge on any atom is -0.382 e. The molecular formula is C13H21N3S. The molecule has 1 aromatic heterocycles. The minimum atomic E-state index is 0.472. The van der Waals surface area contributed by atoms with Crippen LogP contribution in [0, 0.1) is 0 Å². The SMILES string of the molecule is CSC1(CNc2ccc(N(C)C)nc2)CCC1. The Balaban J connectivity index is 1.91. The Morgan fingerprint density at radius 1 is 1.41 bits per heavy atom. The van der Waals surface area contributed by atoms with Crippen molar-refractivity contribution < 1.29 is 0 Å². The maximum Gasteiger partial charge on any atom is 0.128 e. The second-order valence-corrected chi connectivity index (χ2v) is 6.17. The molecule has 1 aliphatic carbocycles. The molecular weight excluding hydrogens is 230 g/mol. The van der Waals surface area contributed by atoms with Gasteiger partial charge in [-0.05, 0) is 31.2 Å². The van der Waals surface area contributed by atoms with E-state index in [1.807, 2.05) is 37.0 Å². The molecule has 1 aromatic rings. The highest BCUT2D eigenvalue weighted by Crippen LogP contribution is 2.42. The highest BCUT2D eigenvalue weighted by molar-refractivity contribution is 8.00. The number of nitrogens with one attached hydrogen (secondary N) is 1. The summed E-state index contributed by atoms with van der Waals surface area (Å²) in [5, 5.41) is 3.50. The quantitative estimate of drug-likeness (QED) is 0.871. The zero-order chi connectivity index (χ0) is 12.3. The Morgan fingerprint density at radius 2 is 2.18 bits per heavy atom. The van der Waals surface area contributed by atoms with Crippen LogP contribution in [0.25, 0.3) is 0 Å². The Kier molecular flexibility index (Phi) is 3.82. The molecule has 1 fully saturated rings. The molecule has 1 saturated carbocycles. The number of nitrogens with zero attached hydrogens (tertiary/aromatic N) is 2. The van der Waals surface area contributed by atoms with Crippen molar-refractivity contribution in [2.75, 3.05) is 37.1 Å². The Hall–Kier alpha value is -0.900. The summed E-state index contributed by atoms with van der Waals surface area (Å²) in [5.74, 6) is 0.999. The van der Waals surface area contributed by atoms with Crippen molar-refractivity contribution in [3.63, 3.8) is 0 Å². The van der Waals surface area contributed by atoms with Crippen LogP contribution in [0.1, 0.15) is 19.3 Å². The molecule has 4 heteroatoms. The lowest BCUT2D eigenvalue weighted by Crippen LogP contribution is -2.40. The fourth-order valence-corrected chi connectivity index (χ4v) is 2.96. The largest absolute Gasteiger partial charge is 0.382 e. The van der Waals surface area contributed by atoms with Crippen molar-refractivity contribution in [2.45, 2.75) is 24.0 Å². The lowest BCUT2D eigenvalue weighted by molar-refractivity contribution is 0.380. The van der Waals surface area contributed by atoms with Crippen LogP contribution in [0.4, 0.5) is 11.5 Å². The van der Waals surface area contributed by atoms with Crippen molar-refractivity contribution in [2.24, 2.45) is 0 Å². The molecule has 1 heterocycles. The second-order valence-electron chi connectivity index (χ2n) is 4.89. The molecule has 0 aromatic carbocycles. The Labute approximate surface area is 108 Å². The molecule has 1 N–H and O–H groups in total. The van der Waals surface area contributed by atoms with E-state index in [2.05, 4.69) is 28.7 Å². The van der Waals surface area contributed by atoms with E-state index < -0.39 is 0 Å². The second kappa shape index (κ2) is 5.17. The molecule has 0 amide bonds. The normalized spacial score (nSPS) is 17.4. The summed E-state index contributed by atoms with van der Waals surface area (Å²) >= 11 is 2.00. The number of hydrogen-bond donors (Lipinski definition) is 1. The van der Waals surface area contributed by atoms with E-state index in [0.717, 1.165) is 18.1 Å². The first-order chi connectivity index (χ1) is 8.15. The topological polar surface area (TPSA) is 28.2 Å². The third kappa shape index (κ3) is 2.86. The average Bonchev–Trinajstić information content (AvgIpc) is 2.29. The van der Waals surface area contributed by atoms with Crippen LogP contribution in [0.5, 0.6) is 0 Å². The number of aromatic nitrogens is 1. The van der Waals surface area contributed by atoms with E-state index in [9.17, 15) is 0 Å². The van der Waals surface area contributed by atoms with Gasteiger partial charge in [0.25, 0.3) is 0 Å². The number of hydrogen-bond acceptors (Lipinski definition) is 4. The highest BCUT2D eigenvalue weighted by atomic mass is 32.2. The molecule has 0 unspecified atom stereocenters. The van der Waals surface area contributed by atoms with Gasteiger partial charge in [-0.3, -0.25) is 0 Å². The lowest BCUT2D eigenvalue weighted by Gasteiger charge is -2.40. The van der Waals surface area contributed by atoms with Gasteiger partial charge in [0.05, 0.1) is 11.9 Å². The zero-order valence-corrected chi connectivity index (χ0v) is 11.7. The summed E-state index contributed by atoms with van der Waals surface area (Å²) in [6.07, 6.45) is 8.19. The van der Waals surface area contributed by atoms with E-state index in [1.54, 1.807) is 0 Å². The zero-order valence-electron chi connectivity index (χ0n) is 10.9. The van der Waals surface area contributed by atoms with Crippen molar-refractivity contribution in [3.05, 3.63) is 18.3 Å². The summed E-state index contributed by atoms with van der Waals surface area (Å²) in [4.78, 5) is 6.42. The minimum absolute atomic E-state index is 0.472. The average molecular weight is 251 g/mol. The molecule has 0 bridgehead atoms. The highest BCUT2D eigenvalue weighted by Gasteiger charge is 2.35. The predicted octanol–water partition coefficient (Wildman–Crippen LogP) is 2.85. The van der Waals surface area contributed by atoms with E-state index in [1.165, 1.54) is 19.3 Å². The maximum absolute atomic E-state index is 4.41. The summed E-state index contributed by atoms with van der Waals surface area (Å²) in [6.45, 7) is 1.05. The van der Waals surface area contributed by atoms with E-state index in [-0.39, 0.29) is 0 Å². The van der Waals surface area contributed by atoms with Gasteiger partial charge in [-0.25, -0.2) is 4.98 Å². The monoisotopic (exact) mass is 251 g/mol. The standard InChI is InChI=1S/C13H21N3S/c1-16(2)12-6-5-11(9-14-12)15-10-13(17-3)7-4-8-13/h5-6,9,15H,4,7-8,10H2,1-3H3. The van der Waals surface area contributed by atoms with Gasteiger partial charge >= 0.3 is 0 Å². The summed E-state index contributed by atoms with van der Waals surface area (Å²) < 4.78 is 0.472. The van der Waals surface area contributed by atoms with E-state index in [0.29, 0.717) is 4.75 Å². The third-order valence-electron chi connectivity index (χ3n) is 3.52. The molecule has 0 spiro atoms. The lowest BCUT2D eigenvalue weighted by atomic mass is 9.84. The summed E-state index contributed by atoms with van der Waals surface area (Å²) in [6, 6.07) is 4.16. The van der Waals surface area contributed by atoms with Crippen LogP contribution in [0.15, 0.2) is 18.3 Å². The Morgan fingerprint density at radius 3 is 2.59 bits per heavy atom. The number of thioether (sulfide) groups is 1. The van der Waals surface area contributed by atoms with Gasteiger partial charge in [-0.1, -0.05) is 6.42 Å². The first-order valence-corrected chi connectivity index (χ1v) is 7.30. The number of rotatable bonds is 5. The predicted molar refractivity (Wildman–Crippen MR) is 77.2 cm³/mol. The van der Waals surface area contributed by atoms with Gasteiger partial charge in [0.15, 0.2) is 0 Å². The van der Waals surface area contributed by atoms with Crippen molar-refractivity contribution >= 4 is 23.3 Å². The van der Waals surface area contributed by atoms with Crippen LogP contribution in [-0.4, -0.2) is 36.6 Å². The van der Waals surface area contributed by atoms with Gasteiger partial charge in [0, 0.05) is 25.4 Å². The maximum atomic E-state index is 4.41. The smallest absolute Gasteiger partial charge is 0.128 e. The molecule has 3 nitrogen and oxygen atoms in total. The molecule has 2 rings (SSSR count). The molecule has 1 aliphatic rings. The summed E-state index contributed by atoms with van der Waals surface area (Å²) in [7, 11) is 4.01. The van der Waals surface area contributed by atoms with Gasteiger partial charge in [0.2, 0.25) is 0 Å². The first kappa shape index (κ1) is 12.6. The van der Waals surface area contributed by atoms with Crippen LogP contribution in [0.3, 0.4) is 0 Å². The molecule has 0 atom stereocenters. The molecule has 0 aliphatic heterocycles. The van der Waals surface area contributed by atoms with E-state index >= 15 is 0 Å². The molecule has 0 saturated heterocycles. The van der Waals surface area contributed by atoms with Gasteiger partial charge in [0.1, 0.15) is 5.82 Å². The summed E-state index contributed by atoms with van der Waals surface area (Å²) in [5.41, 5.74) is 1.12. The van der Waals surface area contributed by atoms with E-state index in [4.69, 9.17) is 0 Å². The number of pyridine rings is 1. The molecule has 17 heavy (non-hydrogen) atoms. The fourth-order valence-electron chi connectivity index (χ4n) is 2.04. The van der Waals surface area contributed by atoms with Gasteiger partial charge in [-0.15, -0.1) is 0 Å². The van der Waals surface area contributed by atoms with Crippen molar-refractivity contribution in [3.8, 4) is 0 Å². The van der Waals surface area contributed by atoms with Crippen LogP contribution in [-0.2, 0) is 0 Å². The first-order valence-electron chi connectivity index (χ1n) is 6.08. The van der Waals surface area contributed by atoms with Crippen molar-refractivity contribution in [1.29, 1.82) is 0 Å². The Bertz CT molecular complexity index is 352. The van der Waals surface area contributed by atoms with Crippen LogP contribution >= 0.6 is 11.8 Å². The molecule has 94 valence electrons. The van der Waals surface area contributed by atoms with Gasteiger partial charge < -0.3 is 10.2 Å². The van der Waals surface area contributed by atoms with Gasteiger partial charge in [-0.2, -0.15) is 11.8 Å². The van der Waals surface area contributed by atoms with Crippen LogP contribution in [0.2, 0.25) is 0 Å². The van der Waals surface area contributed by atoms with Crippen LogP contribution < -0.4 is 10.2 Å². The third-order valence-corrected chi connectivity index (χ3v) is 4.94. The number of anilines is 2. The molecule has 0 radical (unpaired) electrons. The van der Waals surface area contributed by atoms with Crippen molar-refractivity contribution in [1.82, 2.24) is 4.98 Å².